The number of hydrogen-bond donors (Lipinski definition) is 0. The van der Waals surface area contributed by atoms with Gasteiger partial charge in [-0.25, -0.2) is 4.99 Å². The second-order valence-corrected chi connectivity index (χ2v) is 5.61. The van der Waals surface area contributed by atoms with Crippen LogP contribution in [-0.4, -0.2) is 27.0 Å². The van der Waals surface area contributed by atoms with Crippen molar-refractivity contribution in [1.29, 1.82) is 0 Å². The molecular formula is C16H10N4OS. The van der Waals surface area contributed by atoms with Gasteiger partial charge in [-0.05, 0) is 23.9 Å². The largest absolute Gasteiger partial charge is 0.317 e. The van der Waals surface area contributed by atoms with Crippen molar-refractivity contribution in [3.63, 3.8) is 0 Å². The fourth-order valence-electron chi connectivity index (χ4n) is 2.14. The summed E-state index contributed by atoms with van der Waals surface area (Å²) >= 11 is 1.38. The Morgan fingerprint density at radius 1 is 0.955 bits per heavy atom. The highest BCUT2D eigenvalue weighted by Gasteiger charge is 2.37. The number of amidine groups is 2. The smallest absolute Gasteiger partial charge is 0.263 e. The summed E-state index contributed by atoms with van der Waals surface area (Å²) in [5, 5.41) is 7.36. The highest BCUT2D eigenvalue weighted by molar-refractivity contribution is 8.27. The van der Waals surface area contributed by atoms with Gasteiger partial charge >= 0.3 is 5.91 Å². The number of para-hydroxylation sites is 1. The molecule has 0 spiro atoms. The molecule has 4 rings (SSSR count). The van der Waals surface area contributed by atoms with Crippen LogP contribution in [0.15, 0.2) is 75.7 Å². The Labute approximate surface area is 131 Å². The van der Waals surface area contributed by atoms with Gasteiger partial charge in [0, 0.05) is 5.56 Å². The average molecular weight is 306 g/mol. The quantitative estimate of drug-likeness (QED) is 0.857. The van der Waals surface area contributed by atoms with E-state index in [0.717, 1.165) is 10.6 Å². The van der Waals surface area contributed by atoms with Crippen molar-refractivity contribution in [3.05, 3.63) is 66.2 Å². The van der Waals surface area contributed by atoms with E-state index in [4.69, 9.17) is 0 Å². The fourth-order valence-corrected chi connectivity index (χ4v) is 3.03. The summed E-state index contributed by atoms with van der Waals surface area (Å²) in [5.74, 6) is -0.123. The summed E-state index contributed by atoms with van der Waals surface area (Å²) in [5.41, 5.74) is 1.70. The molecular weight excluding hydrogens is 296 g/mol. The van der Waals surface area contributed by atoms with Crippen molar-refractivity contribution in [2.45, 2.75) is 0 Å². The zero-order valence-electron chi connectivity index (χ0n) is 11.4. The lowest BCUT2D eigenvalue weighted by molar-refractivity contribution is -0.111. The summed E-state index contributed by atoms with van der Waals surface area (Å²) in [6.07, 6.45) is 0. The van der Waals surface area contributed by atoms with Crippen molar-refractivity contribution in [1.82, 2.24) is 5.01 Å². The highest BCUT2D eigenvalue weighted by Crippen LogP contribution is 2.30. The molecule has 2 heterocycles. The molecule has 1 amide bonds. The molecule has 2 aliphatic heterocycles. The molecule has 2 aliphatic rings. The molecule has 2 aromatic rings. The standard InChI is InChI=1S/C16H10N4OS/c21-14-13(17-12-9-5-2-6-10-12)20-16(18-14)22-15(19-20)11-7-3-1-4-8-11/h1-10H. The van der Waals surface area contributed by atoms with Crippen LogP contribution in [-0.2, 0) is 4.79 Å². The zero-order valence-corrected chi connectivity index (χ0v) is 12.2. The van der Waals surface area contributed by atoms with Gasteiger partial charge in [-0.15, -0.1) is 0 Å². The van der Waals surface area contributed by atoms with Crippen LogP contribution in [0, 0.1) is 0 Å². The molecule has 5 nitrogen and oxygen atoms in total. The molecule has 2 aromatic carbocycles. The Morgan fingerprint density at radius 3 is 2.36 bits per heavy atom. The second kappa shape index (κ2) is 5.23. The van der Waals surface area contributed by atoms with Crippen molar-refractivity contribution in [3.8, 4) is 0 Å². The van der Waals surface area contributed by atoms with Crippen LogP contribution in [0.1, 0.15) is 5.56 Å². The van der Waals surface area contributed by atoms with Crippen LogP contribution in [0.3, 0.4) is 0 Å². The third-order valence-electron chi connectivity index (χ3n) is 3.16. The Kier molecular flexibility index (Phi) is 3.08. The molecule has 0 unspecified atom stereocenters. The first-order valence-electron chi connectivity index (χ1n) is 6.70. The number of rotatable bonds is 2. The topological polar surface area (TPSA) is 57.4 Å². The molecule has 0 aromatic heterocycles. The van der Waals surface area contributed by atoms with Gasteiger partial charge in [0.15, 0.2) is 0 Å². The Balaban J connectivity index is 1.70. The van der Waals surface area contributed by atoms with Crippen LogP contribution in [0.2, 0.25) is 0 Å². The first-order chi connectivity index (χ1) is 10.8. The van der Waals surface area contributed by atoms with Crippen LogP contribution < -0.4 is 0 Å². The van der Waals surface area contributed by atoms with E-state index in [-0.39, 0.29) is 11.7 Å². The number of thioether (sulfide) groups is 1. The van der Waals surface area contributed by atoms with Crippen LogP contribution in [0.4, 0.5) is 5.69 Å². The Hall–Kier alpha value is -2.73. The number of fused-ring (bicyclic) bond motifs is 1. The number of carbonyl (C=O) groups excluding carboxylic acids is 1. The molecule has 0 saturated heterocycles. The van der Waals surface area contributed by atoms with Crippen LogP contribution in [0.5, 0.6) is 0 Å². The third-order valence-corrected chi connectivity index (χ3v) is 4.12. The van der Waals surface area contributed by atoms with Crippen molar-refractivity contribution >= 4 is 39.4 Å². The number of nitrogens with zero attached hydrogens (tertiary/aromatic N) is 4. The SMILES string of the molecule is O=C1N=C2SC(c3ccccc3)=NN2C1=Nc1ccccc1. The summed E-state index contributed by atoms with van der Waals surface area (Å²) in [7, 11) is 0. The van der Waals surface area contributed by atoms with E-state index in [2.05, 4.69) is 15.1 Å². The molecule has 0 bridgehead atoms. The van der Waals surface area contributed by atoms with E-state index in [9.17, 15) is 4.79 Å². The number of hydrogen-bond acceptors (Lipinski definition) is 4. The van der Waals surface area contributed by atoms with Crippen LogP contribution >= 0.6 is 11.8 Å². The molecule has 0 saturated carbocycles. The summed E-state index contributed by atoms with van der Waals surface area (Å²) in [6, 6.07) is 19.1. The summed E-state index contributed by atoms with van der Waals surface area (Å²) in [6.45, 7) is 0. The minimum absolute atomic E-state index is 0.236. The van der Waals surface area contributed by atoms with E-state index in [1.165, 1.54) is 16.8 Å². The summed E-state index contributed by atoms with van der Waals surface area (Å²) in [4.78, 5) is 20.4. The predicted octanol–water partition coefficient (Wildman–Crippen LogP) is 3.02. The Bertz CT molecular complexity index is 828. The zero-order chi connectivity index (χ0) is 14.9. The molecule has 0 N–H and O–H groups in total. The monoisotopic (exact) mass is 306 g/mol. The first kappa shape index (κ1) is 13.0. The maximum Gasteiger partial charge on any atom is 0.317 e. The molecule has 0 atom stereocenters. The number of hydrazone groups is 1. The molecule has 0 radical (unpaired) electrons. The second-order valence-electron chi connectivity index (χ2n) is 4.66. The number of carbonyl (C=O) groups is 1. The van der Waals surface area contributed by atoms with E-state index < -0.39 is 0 Å². The van der Waals surface area contributed by atoms with E-state index in [1.54, 1.807) is 0 Å². The number of benzene rings is 2. The van der Waals surface area contributed by atoms with Crippen molar-refractivity contribution in [2.75, 3.05) is 0 Å². The fraction of sp³-hybridized carbons (Fsp3) is 0. The predicted molar refractivity (Wildman–Crippen MR) is 88.4 cm³/mol. The minimum Gasteiger partial charge on any atom is -0.263 e. The van der Waals surface area contributed by atoms with E-state index in [1.807, 2.05) is 60.7 Å². The number of amides is 1. The van der Waals surface area contributed by atoms with Gasteiger partial charge < -0.3 is 0 Å². The van der Waals surface area contributed by atoms with E-state index >= 15 is 0 Å². The molecule has 0 aliphatic carbocycles. The van der Waals surface area contributed by atoms with Crippen molar-refractivity contribution < 1.29 is 4.79 Å². The maximum absolute atomic E-state index is 12.0. The average Bonchev–Trinajstić information content (AvgIpc) is 3.09. The normalized spacial score (nSPS) is 18.5. The van der Waals surface area contributed by atoms with Gasteiger partial charge in [0.05, 0.1) is 5.69 Å². The van der Waals surface area contributed by atoms with E-state index in [0.29, 0.717) is 10.9 Å². The van der Waals surface area contributed by atoms with Crippen molar-refractivity contribution in [2.24, 2.45) is 15.1 Å². The molecule has 0 fully saturated rings. The third kappa shape index (κ3) is 2.23. The van der Waals surface area contributed by atoms with Crippen LogP contribution in [0.25, 0.3) is 0 Å². The lowest BCUT2D eigenvalue weighted by Crippen LogP contribution is -2.24. The van der Waals surface area contributed by atoms with Gasteiger partial charge in [-0.3, -0.25) is 4.79 Å². The molecule has 6 heteroatoms. The first-order valence-corrected chi connectivity index (χ1v) is 7.52. The molecule has 22 heavy (non-hydrogen) atoms. The maximum atomic E-state index is 12.0. The Morgan fingerprint density at radius 2 is 1.64 bits per heavy atom. The summed E-state index contributed by atoms with van der Waals surface area (Å²) < 4.78 is 0. The lowest BCUT2D eigenvalue weighted by Gasteiger charge is -2.05. The minimum atomic E-state index is -0.359. The van der Waals surface area contributed by atoms with Gasteiger partial charge in [0.2, 0.25) is 11.0 Å². The number of aliphatic imine (C=N–C) groups is 2. The lowest BCUT2D eigenvalue weighted by atomic mass is 10.2. The van der Waals surface area contributed by atoms with Gasteiger partial charge in [-0.2, -0.15) is 15.1 Å². The highest BCUT2D eigenvalue weighted by atomic mass is 32.2. The van der Waals surface area contributed by atoms with Gasteiger partial charge in [-0.1, -0.05) is 48.5 Å². The molecule has 106 valence electrons. The van der Waals surface area contributed by atoms with Gasteiger partial charge in [0.1, 0.15) is 5.04 Å². The van der Waals surface area contributed by atoms with Gasteiger partial charge in [0.25, 0.3) is 0 Å².